The van der Waals surface area contributed by atoms with Gasteiger partial charge in [-0.25, -0.2) is 14.5 Å². The van der Waals surface area contributed by atoms with Gasteiger partial charge in [0.05, 0.1) is 6.61 Å². The molecule has 0 aromatic carbocycles. The number of hydrogen-bond acceptors (Lipinski definition) is 4. The molecular formula is C9H11N3O2. The van der Waals surface area contributed by atoms with Crippen LogP contribution in [0.3, 0.4) is 0 Å². The largest absolute Gasteiger partial charge is 0.456 e. The zero-order chi connectivity index (χ0) is 10.4. The van der Waals surface area contributed by atoms with Gasteiger partial charge in [0.2, 0.25) is 0 Å². The lowest BCUT2D eigenvalue weighted by molar-refractivity contribution is -0.136. The SMILES string of the molecule is CCOC(=O)C#CC(C)n1cncn1. The molecule has 0 saturated heterocycles. The summed E-state index contributed by atoms with van der Waals surface area (Å²) >= 11 is 0. The summed E-state index contributed by atoms with van der Waals surface area (Å²) in [5.41, 5.74) is 0. The van der Waals surface area contributed by atoms with Crippen LogP contribution in [0.1, 0.15) is 19.9 Å². The minimum Gasteiger partial charge on any atom is -0.456 e. The quantitative estimate of drug-likeness (QED) is 0.387. The monoisotopic (exact) mass is 193 g/mol. The van der Waals surface area contributed by atoms with Crippen LogP contribution in [0.25, 0.3) is 0 Å². The maximum atomic E-state index is 10.9. The average molecular weight is 193 g/mol. The first-order valence-electron chi connectivity index (χ1n) is 4.26. The molecule has 14 heavy (non-hydrogen) atoms. The minimum absolute atomic E-state index is 0.179. The van der Waals surface area contributed by atoms with Crippen LogP contribution in [-0.4, -0.2) is 27.3 Å². The lowest BCUT2D eigenvalue weighted by atomic mass is 10.3. The molecule has 0 spiro atoms. The Bertz CT molecular complexity index is 348. The molecule has 1 aromatic heterocycles. The normalized spacial score (nSPS) is 11.3. The van der Waals surface area contributed by atoms with Gasteiger partial charge in [-0.3, -0.25) is 0 Å². The van der Waals surface area contributed by atoms with Crippen molar-refractivity contribution in [3.63, 3.8) is 0 Å². The van der Waals surface area contributed by atoms with E-state index in [1.165, 1.54) is 6.33 Å². The first-order chi connectivity index (χ1) is 6.74. The predicted octanol–water partition coefficient (Wildman–Crippen LogP) is 0.406. The van der Waals surface area contributed by atoms with Crippen molar-refractivity contribution in [2.45, 2.75) is 19.9 Å². The number of nitrogens with zero attached hydrogens (tertiary/aromatic N) is 3. The van der Waals surface area contributed by atoms with Crippen molar-refractivity contribution in [3.05, 3.63) is 12.7 Å². The minimum atomic E-state index is -0.514. The van der Waals surface area contributed by atoms with Gasteiger partial charge in [0.25, 0.3) is 0 Å². The van der Waals surface area contributed by atoms with Crippen molar-refractivity contribution >= 4 is 5.97 Å². The summed E-state index contributed by atoms with van der Waals surface area (Å²) in [7, 11) is 0. The Hall–Kier alpha value is -1.83. The van der Waals surface area contributed by atoms with Crippen LogP contribution < -0.4 is 0 Å². The molecule has 0 fully saturated rings. The number of ether oxygens (including phenoxy) is 1. The Balaban J connectivity index is 2.55. The summed E-state index contributed by atoms with van der Waals surface area (Å²) in [4.78, 5) is 14.7. The molecule has 1 rings (SSSR count). The van der Waals surface area contributed by atoms with Crippen LogP contribution >= 0.6 is 0 Å². The number of aromatic nitrogens is 3. The molecule has 1 heterocycles. The van der Waals surface area contributed by atoms with Crippen molar-refractivity contribution in [2.75, 3.05) is 6.61 Å². The van der Waals surface area contributed by atoms with Crippen LogP contribution in [0, 0.1) is 11.8 Å². The number of carbonyl (C=O) groups is 1. The fourth-order valence-electron chi connectivity index (χ4n) is 0.814. The maximum Gasteiger partial charge on any atom is 0.384 e. The molecule has 0 N–H and O–H groups in total. The van der Waals surface area contributed by atoms with E-state index in [0.717, 1.165) is 0 Å². The van der Waals surface area contributed by atoms with Crippen LogP contribution in [0.4, 0.5) is 0 Å². The fraction of sp³-hybridized carbons (Fsp3) is 0.444. The highest BCUT2D eigenvalue weighted by Crippen LogP contribution is 1.98. The van der Waals surface area contributed by atoms with E-state index in [9.17, 15) is 4.79 Å². The molecule has 0 saturated carbocycles. The van der Waals surface area contributed by atoms with Crippen molar-refractivity contribution in [2.24, 2.45) is 0 Å². The van der Waals surface area contributed by atoms with Gasteiger partial charge >= 0.3 is 5.97 Å². The summed E-state index contributed by atoms with van der Waals surface area (Å²) in [5, 5.41) is 3.89. The van der Waals surface area contributed by atoms with Crippen molar-refractivity contribution in [3.8, 4) is 11.8 Å². The van der Waals surface area contributed by atoms with E-state index in [1.54, 1.807) is 17.9 Å². The number of esters is 1. The van der Waals surface area contributed by atoms with Crippen LogP contribution in [0.5, 0.6) is 0 Å². The first kappa shape index (κ1) is 10.3. The van der Waals surface area contributed by atoms with E-state index < -0.39 is 5.97 Å². The van der Waals surface area contributed by atoms with Gasteiger partial charge in [0, 0.05) is 5.92 Å². The summed E-state index contributed by atoms with van der Waals surface area (Å²) in [6.45, 7) is 3.90. The summed E-state index contributed by atoms with van der Waals surface area (Å²) < 4.78 is 6.21. The summed E-state index contributed by atoms with van der Waals surface area (Å²) in [5.74, 6) is 4.56. The van der Waals surface area contributed by atoms with E-state index in [0.29, 0.717) is 6.61 Å². The lowest BCUT2D eigenvalue weighted by Gasteiger charge is -2.01. The van der Waals surface area contributed by atoms with E-state index in [1.807, 2.05) is 6.92 Å². The fourth-order valence-corrected chi connectivity index (χ4v) is 0.814. The van der Waals surface area contributed by atoms with E-state index >= 15 is 0 Å². The van der Waals surface area contributed by atoms with Crippen molar-refractivity contribution < 1.29 is 9.53 Å². The highest BCUT2D eigenvalue weighted by Gasteiger charge is 2.00. The van der Waals surface area contributed by atoms with E-state index in [-0.39, 0.29) is 6.04 Å². The standard InChI is InChI=1S/C9H11N3O2/c1-3-14-9(13)5-4-8(2)12-7-10-6-11-12/h6-8H,3H2,1-2H3. The number of carbonyl (C=O) groups excluding carboxylic acids is 1. The van der Waals surface area contributed by atoms with E-state index in [2.05, 4.69) is 26.7 Å². The molecule has 1 unspecified atom stereocenters. The zero-order valence-electron chi connectivity index (χ0n) is 8.10. The second-order valence-corrected chi connectivity index (χ2v) is 2.54. The molecule has 0 aliphatic rings. The van der Waals surface area contributed by atoms with Crippen LogP contribution in [-0.2, 0) is 9.53 Å². The van der Waals surface area contributed by atoms with Gasteiger partial charge in [0.1, 0.15) is 18.7 Å². The van der Waals surface area contributed by atoms with Gasteiger partial charge < -0.3 is 4.74 Å². The molecule has 0 radical (unpaired) electrons. The summed E-state index contributed by atoms with van der Waals surface area (Å²) in [6.07, 6.45) is 2.97. The molecule has 0 amide bonds. The molecule has 0 aliphatic carbocycles. The van der Waals surface area contributed by atoms with Gasteiger partial charge in [0.15, 0.2) is 0 Å². The van der Waals surface area contributed by atoms with Crippen molar-refractivity contribution in [1.29, 1.82) is 0 Å². The Morgan fingerprint density at radius 1 is 1.71 bits per heavy atom. The highest BCUT2D eigenvalue weighted by molar-refractivity contribution is 5.88. The molecule has 1 atom stereocenters. The first-order valence-corrected chi connectivity index (χ1v) is 4.26. The van der Waals surface area contributed by atoms with Crippen LogP contribution in [0.15, 0.2) is 12.7 Å². The third-order valence-electron chi connectivity index (χ3n) is 1.49. The predicted molar refractivity (Wildman–Crippen MR) is 49.1 cm³/mol. The second kappa shape index (κ2) is 5.02. The summed E-state index contributed by atoms with van der Waals surface area (Å²) in [6, 6.07) is -0.179. The van der Waals surface area contributed by atoms with Gasteiger partial charge in [-0.15, -0.1) is 0 Å². The molecule has 0 bridgehead atoms. The molecule has 1 aromatic rings. The number of hydrogen-bond donors (Lipinski definition) is 0. The lowest BCUT2D eigenvalue weighted by Crippen LogP contribution is -2.05. The van der Waals surface area contributed by atoms with Gasteiger partial charge in [-0.05, 0) is 13.8 Å². The second-order valence-electron chi connectivity index (χ2n) is 2.54. The molecule has 5 heteroatoms. The topological polar surface area (TPSA) is 57.0 Å². The van der Waals surface area contributed by atoms with Crippen molar-refractivity contribution in [1.82, 2.24) is 14.8 Å². The third kappa shape index (κ3) is 2.90. The smallest absolute Gasteiger partial charge is 0.384 e. The Labute approximate surface area is 82.1 Å². The van der Waals surface area contributed by atoms with Crippen LogP contribution in [0.2, 0.25) is 0 Å². The number of rotatable bonds is 2. The Kier molecular flexibility index (Phi) is 3.68. The van der Waals surface area contributed by atoms with E-state index in [4.69, 9.17) is 0 Å². The van der Waals surface area contributed by atoms with Gasteiger partial charge in [-0.1, -0.05) is 5.92 Å². The maximum absolute atomic E-state index is 10.9. The molecule has 0 aliphatic heterocycles. The Morgan fingerprint density at radius 2 is 2.50 bits per heavy atom. The van der Waals surface area contributed by atoms with Gasteiger partial charge in [-0.2, -0.15) is 5.10 Å². The molecule has 5 nitrogen and oxygen atoms in total. The highest BCUT2D eigenvalue weighted by atomic mass is 16.5. The zero-order valence-corrected chi connectivity index (χ0v) is 8.10. The third-order valence-corrected chi connectivity index (χ3v) is 1.49. The Morgan fingerprint density at radius 3 is 3.07 bits per heavy atom. The molecule has 74 valence electrons. The average Bonchev–Trinajstić information content (AvgIpc) is 2.67. The molecular weight excluding hydrogens is 182 g/mol.